The van der Waals surface area contributed by atoms with Crippen LogP contribution in [0.1, 0.15) is 23.0 Å². The first-order chi connectivity index (χ1) is 10.1. The van der Waals surface area contributed by atoms with Gasteiger partial charge in [-0.15, -0.1) is 0 Å². The van der Waals surface area contributed by atoms with Gasteiger partial charge in [-0.1, -0.05) is 11.6 Å². The first kappa shape index (κ1) is 15.1. The molecule has 0 aliphatic heterocycles. The molecule has 1 aromatic heterocycles. The van der Waals surface area contributed by atoms with Gasteiger partial charge in [0.15, 0.2) is 6.10 Å². The Hall–Kier alpha value is -2.27. The van der Waals surface area contributed by atoms with Crippen molar-refractivity contribution in [3.05, 3.63) is 59.0 Å². The van der Waals surface area contributed by atoms with Crippen LogP contribution in [-0.4, -0.2) is 18.0 Å². The number of esters is 1. The molecule has 0 unspecified atom stereocenters. The molecule has 1 amide bonds. The average Bonchev–Trinajstić information content (AvgIpc) is 2.98. The van der Waals surface area contributed by atoms with E-state index in [9.17, 15) is 9.59 Å². The number of hydrogen-bond acceptors (Lipinski definition) is 4. The third-order valence-corrected chi connectivity index (χ3v) is 3.00. The molecule has 6 heteroatoms. The second kappa shape index (κ2) is 6.95. The third kappa shape index (κ3) is 4.36. The maximum atomic E-state index is 11.8. The summed E-state index contributed by atoms with van der Waals surface area (Å²) in [5.74, 6) is -0.347. The molecule has 0 saturated carbocycles. The SMILES string of the molecule is C[C@H](OC(=O)c1ccc(Cl)cc1)C(=O)NCc1ccco1. The highest BCUT2D eigenvalue weighted by atomic mass is 35.5. The lowest BCUT2D eigenvalue weighted by atomic mass is 10.2. The molecule has 5 nitrogen and oxygen atoms in total. The Morgan fingerprint density at radius 2 is 2.00 bits per heavy atom. The van der Waals surface area contributed by atoms with Gasteiger partial charge in [-0.2, -0.15) is 0 Å². The van der Waals surface area contributed by atoms with Crippen molar-refractivity contribution >= 4 is 23.5 Å². The molecule has 1 N–H and O–H groups in total. The molecule has 0 fully saturated rings. The topological polar surface area (TPSA) is 68.5 Å². The smallest absolute Gasteiger partial charge is 0.338 e. The summed E-state index contributed by atoms with van der Waals surface area (Å²) >= 11 is 5.74. The number of benzene rings is 1. The van der Waals surface area contributed by atoms with Gasteiger partial charge in [0.25, 0.3) is 5.91 Å². The maximum Gasteiger partial charge on any atom is 0.338 e. The van der Waals surface area contributed by atoms with E-state index in [2.05, 4.69) is 5.32 Å². The summed E-state index contributed by atoms with van der Waals surface area (Å²) in [6, 6.07) is 9.71. The van der Waals surface area contributed by atoms with Crippen molar-refractivity contribution in [2.75, 3.05) is 0 Å². The van der Waals surface area contributed by atoms with Crippen molar-refractivity contribution in [3.8, 4) is 0 Å². The number of carbonyl (C=O) groups excluding carboxylic acids is 2. The van der Waals surface area contributed by atoms with Gasteiger partial charge in [0.2, 0.25) is 0 Å². The van der Waals surface area contributed by atoms with E-state index >= 15 is 0 Å². The molecule has 0 saturated heterocycles. The fourth-order valence-electron chi connectivity index (χ4n) is 1.60. The van der Waals surface area contributed by atoms with E-state index in [-0.39, 0.29) is 6.54 Å². The lowest BCUT2D eigenvalue weighted by molar-refractivity contribution is -0.129. The summed E-state index contributed by atoms with van der Waals surface area (Å²) in [5.41, 5.74) is 0.338. The molecule has 1 heterocycles. The van der Waals surface area contributed by atoms with Crippen LogP contribution in [0.4, 0.5) is 0 Å². The first-order valence-corrected chi connectivity index (χ1v) is 6.70. The molecule has 1 aromatic carbocycles. The Morgan fingerprint density at radius 3 is 2.62 bits per heavy atom. The van der Waals surface area contributed by atoms with E-state index in [1.54, 1.807) is 24.3 Å². The van der Waals surface area contributed by atoms with Gasteiger partial charge in [-0.3, -0.25) is 4.79 Å². The zero-order valence-corrected chi connectivity index (χ0v) is 12.1. The minimum atomic E-state index is -0.900. The Kier molecular flexibility index (Phi) is 5.00. The minimum absolute atomic E-state index is 0.245. The Labute approximate surface area is 126 Å². The van der Waals surface area contributed by atoms with Crippen molar-refractivity contribution in [2.24, 2.45) is 0 Å². The van der Waals surface area contributed by atoms with Gasteiger partial charge in [0.1, 0.15) is 5.76 Å². The van der Waals surface area contributed by atoms with Crippen LogP contribution in [0, 0.1) is 0 Å². The maximum absolute atomic E-state index is 11.8. The zero-order valence-electron chi connectivity index (χ0n) is 11.3. The number of rotatable bonds is 5. The second-order valence-corrected chi connectivity index (χ2v) is 4.79. The molecule has 2 rings (SSSR count). The van der Waals surface area contributed by atoms with Crippen molar-refractivity contribution in [3.63, 3.8) is 0 Å². The molecule has 0 aliphatic rings. The Bertz CT molecular complexity index is 607. The van der Waals surface area contributed by atoms with Gasteiger partial charge < -0.3 is 14.5 Å². The molecule has 0 radical (unpaired) electrons. The van der Waals surface area contributed by atoms with Crippen LogP contribution in [-0.2, 0) is 16.1 Å². The Balaban J connectivity index is 1.85. The standard InChI is InChI=1S/C15H14ClNO4/c1-10(14(18)17-9-13-3-2-8-20-13)21-15(19)11-4-6-12(16)7-5-11/h2-8,10H,9H2,1H3,(H,17,18)/t10-/m0/s1. The first-order valence-electron chi connectivity index (χ1n) is 6.33. The molecule has 0 aliphatic carbocycles. The van der Waals surface area contributed by atoms with E-state index in [0.29, 0.717) is 16.3 Å². The number of halogens is 1. The largest absolute Gasteiger partial charge is 0.467 e. The van der Waals surface area contributed by atoms with Crippen molar-refractivity contribution in [2.45, 2.75) is 19.6 Å². The number of amides is 1. The molecular formula is C15H14ClNO4. The van der Waals surface area contributed by atoms with Crippen LogP contribution in [0.25, 0.3) is 0 Å². The number of furan rings is 1. The lowest BCUT2D eigenvalue weighted by Crippen LogP contribution is -2.35. The van der Waals surface area contributed by atoms with Crippen LogP contribution in [0.5, 0.6) is 0 Å². The number of hydrogen-bond donors (Lipinski definition) is 1. The highest BCUT2D eigenvalue weighted by molar-refractivity contribution is 6.30. The lowest BCUT2D eigenvalue weighted by Gasteiger charge is -2.13. The van der Waals surface area contributed by atoms with Crippen LogP contribution in [0.15, 0.2) is 47.1 Å². The average molecular weight is 308 g/mol. The third-order valence-electron chi connectivity index (χ3n) is 2.75. The van der Waals surface area contributed by atoms with Crippen LogP contribution in [0.3, 0.4) is 0 Å². The summed E-state index contributed by atoms with van der Waals surface area (Å²) in [7, 11) is 0. The minimum Gasteiger partial charge on any atom is -0.467 e. The van der Waals surface area contributed by atoms with E-state index in [0.717, 1.165) is 0 Å². The number of ether oxygens (including phenoxy) is 1. The van der Waals surface area contributed by atoms with E-state index in [1.165, 1.54) is 25.3 Å². The predicted octanol–water partition coefficient (Wildman–Crippen LogP) is 2.79. The Morgan fingerprint density at radius 1 is 1.29 bits per heavy atom. The fraction of sp³-hybridized carbons (Fsp3) is 0.200. The monoisotopic (exact) mass is 307 g/mol. The molecule has 21 heavy (non-hydrogen) atoms. The molecule has 0 bridgehead atoms. The molecular weight excluding hydrogens is 294 g/mol. The molecule has 0 spiro atoms. The predicted molar refractivity (Wildman–Crippen MR) is 76.9 cm³/mol. The summed E-state index contributed by atoms with van der Waals surface area (Å²) < 4.78 is 10.2. The van der Waals surface area contributed by atoms with Crippen LogP contribution in [0.2, 0.25) is 5.02 Å². The highest BCUT2D eigenvalue weighted by Crippen LogP contribution is 2.11. The number of nitrogens with one attached hydrogen (secondary N) is 1. The summed E-state index contributed by atoms with van der Waals surface area (Å²) in [5, 5.41) is 3.14. The second-order valence-electron chi connectivity index (χ2n) is 4.35. The van der Waals surface area contributed by atoms with Crippen molar-refractivity contribution in [1.29, 1.82) is 0 Å². The molecule has 2 aromatic rings. The molecule has 110 valence electrons. The highest BCUT2D eigenvalue weighted by Gasteiger charge is 2.18. The molecule has 1 atom stereocenters. The fourth-order valence-corrected chi connectivity index (χ4v) is 1.73. The van der Waals surface area contributed by atoms with Gasteiger partial charge in [-0.05, 0) is 43.3 Å². The van der Waals surface area contributed by atoms with E-state index < -0.39 is 18.0 Å². The van der Waals surface area contributed by atoms with Gasteiger partial charge >= 0.3 is 5.97 Å². The summed E-state index contributed by atoms with van der Waals surface area (Å²) in [6.07, 6.45) is 0.619. The van der Waals surface area contributed by atoms with Crippen LogP contribution >= 0.6 is 11.6 Å². The number of carbonyl (C=O) groups is 2. The van der Waals surface area contributed by atoms with Crippen molar-refractivity contribution < 1.29 is 18.7 Å². The van der Waals surface area contributed by atoms with Gasteiger partial charge in [0.05, 0.1) is 18.4 Å². The van der Waals surface area contributed by atoms with E-state index in [1.807, 2.05) is 0 Å². The van der Waals surface area contributed by atoms with Crippen molar-refractivity contribution in [1.82, 2.24) is 5.32 Å². The van der Waals surface area contributed by atoms with Gasteiger partial charge in [-0.25, -0.2) is 4.79 Å². The van der Waals surface area contributed by atoms with E-state index in [4.69, 9.17) is 20.8 Å². The normalized spacial score (nSPS) is 11.7. The van der Waals surface area contributed by atoms with Gasteiger partial charge in [0, 0.05) is 5.02 Å². The summed E-state index contributed by atoms with van der Waals surface area (Å²) in [4.78, 5) is 23.6. The zero-order chi connectivity index (χ0) is 15.2. The summed E-state index contributed by atoms with van der Waals surface area (Å²) in [6.45, 7) is 1.75. The van der Waals surface area contributed by atoms with Crippen LogP contribution < -0.4 is 5.32 Å². The quantitative estimate of drug-likeness (QED) is 0.862.